The van der Waals surface area contributed by atoms with E-state index in [2.05, 4.69) is 15.3 Å². The maximum absolute atomic E-state index is 11.9. The molecule has 4 rings (SSSR count). The van der Waals surface area contributed by atoms with E-state index in [0.29, 0.717) is 47.2 Å². The average Bonchev–Trinajstić information content (AvgIpc) is 2.95. The smallest absolute Gasteiger partial charge is 0.317 e. The van der Waals surface area contributed by atoms with Crippen LogP contribution in [0.5, 0.6) is 0 Å². The Labute approximate surface area is 155 Å². The van der Waals surface area contributed by atoms with Gasteiger partial charge >= 0.3 is 6.03 Å². The number of fused-ring (bicyclic) bond motifs is 1. The van der Waals surface area contributed by atoms with Gasteiger partial charge < -0.3 is 16.0 Å². The van der Waals surface area contributed by atoms with Gasteiger partial charge in [0.25, 0.3) is 0 Å². The summed E-state index contributed by atoms with van der Waals surface area (Å²) in [6.07, 6.45) is 1.43. The van der Waals surface area contributed by atoms with Crippen LogP contribution in [0, 0.1) is 0 Å². The molecular formula is C17H18ClN7O. The molecule has 26 heavy (non-hydrogen) atoms. The van der Waals surface area contributed by atoms with Gasteiger partial charge in [0.1, 0.15) is 17.8 Å². The van der Waals surface area contributed by atoms with E-state index in [0.717, 1.165) is 5.56 Å². The molecule has 3 N–H and O–H groups in total. The van der Waals surface area contributed by atoms with Gasteiger partial charge in [-0.15, -0.1) is 0 Å². The van der Waals surface area contributed by atoms with Crippen molar-refractivity contribution in [2.75, 3.05) is 25.4 Å². The molecule has 0 atom stereocenters. The average molecular weight is 372 g/mol. The minimum Gasteiger partial charge on any atom is -0.383 e. The quantitative estimate of drug-likeness (QED) is 0.735. The van der Waals surface area contributed by atoms with Gasteiger partial charge in [-0.3, -0.25) is 0 Å². The van der Waals surface area contributed by atoms with Gasteiger partial charge in [0.2, 0.25) is 0 Å². The summed E-state index contributed by atoms with van der Waals surface area (Å²) >= 11 is 5.99. The van der Waals surface area contributed by atoms with Crippen LogP contribution in [0.1, 0.15) is 13.0 Å². The maximum Gasteiger partial charge on any atom is 0.317 e. The minimum absolute atomic E-state index is 0.0513. The Morgan fingerprint density at radius 3 is 2.73 bits per heavy atom. The fourth-order valence-electron chi connectivity index (χ4n) is 3.10. The highest BCUT2D eigenvalue weighted by atomic mass is 35.5. The molecule has 9 heteroatoms. The summed E-state index contributed by atoms with van der Waals surface area (Å²) in [4.78, 5) is 22.1. The molecule has 1 aliphatic rings. The number of nitrogens with zero attached hydrogens (tertiary/aromatic N) is 5. The number of hydrogen-bond acceptors (Lipinski definition) is 5. The number of urea groups is 1. The number of hydrogen-bond donors (Lipinski definition) is 2. The van der Waals surface area contributed by atoms with Crippen LogP contribution in [0.3, 0.4) is 0 Å². The largest absolute Gasteiger partial charge is 0.383 e. The molecule has 0 bridgehead atoms. The van der Waals surface area contributed by atoms with Gasteiger partial charge in [-0.1, -0.05) is 23.7 Å². The monoisotopic (exact) mass is 371 g/mol. The standard InChI is InChI=1S/C17H18ClN7O/c1-2-20-17(26)24-7-12(8-24)25-16-13(15(19)21-9-22-16)14(23-25)10-3-5-11(18)6-4-10/h3-6,9,12H,2,7-8H2,1H3,(H,20,26)(H2,19,21,22). The molecule has 3 heterocycles. The summed E-state index contributed by atoms with van der Waals surface area (Å²) in [5.74, 6) is 0.381. The molecule has 0 aliphatic carbocycles. The lowest BCUT2D eigenvalue weighted by molar-refractivity contribution is 0.121. The highest BCUT2D eigenvalue weighted by Gasteiger charge is 2.34. The number of likely N-dealkylation sites (tertiary alicyclic amines) is 1. The normalized spacial score (nSPS) is 14.5. The Bertz CT molecular complexity index is 963. The third-order valence-electron chi connectivity index (χ3n) is 4.46. The van der Waals surface area contributed by atoms with E-state index in [9.17, 15) is 4.79 Å². The van der Waals surface area contributed by atoms with E-state index in [1.165, 1.54) is 6.33 Å². The van der Waals surface area contributed by atoms with Crippen LogP contribution in [-0.4, -0.2) is 50.3 Å². The fourth-order valence-corrected chi connectivity index (χ4v) is 3.22. The van der Waals surface area contributed by atoms with Crippen molar-refractivity contribution < 1.29 is 4.79 Å². The second-order valence-corrected chi connectivity index (χ2v) is 6.59. The number of carbonyl (C=O) groups is 1. The lowest BCUT2D eigenvalue weighted by atomic mass is 10.1. The molecule has 3 aromatic rings. The molecule has 1 aliphatic heterocycles. The molecule has 0 saturated carbocycles. The van der Waals surface area contributed by atoms with Gasteiger partial charge in [-0.25, -0.2) is 19.4 Å². The van der Waals surface area contributed by atoms with Gasteiger partial charge in [-0.2, -0.15) is 5.10 Å². The summed E-state index contributed by atoms with van der Waals surface area (Å²) in [5.41, 5.74) is 8.38. The number of amides is 2. The number of carbonyl (C=O) groups excluding carboxylic acids is 1. The van der Waals surface area contributed by atoms with Crippen molar-refractivity contribution in [3.05, 3.63) is 35.6 Å². The van der Waals surface area contributed by atoms with Crippen LogP contribution in [0.15, 0.2) is 30.6 Å². The lowest BCUT2D eigenvalue weighted by Crippen LogP contribution is -2.54. The van der Waals surface area contributed by atoms with Gasteiger partial charge in [0.15, 0.2) is 5.65 Å². The summed E-state index contributed by atoms with van der Waals surface area (Å²) in [6.45, 7) is 3.66. The molecule has 2 amide bonds. The fraction of sp³-hybridized carbons (Fsp3) is 0.294. The second kappa shape index (κ2) is 6.45. The molecule has 2 aromatic heterocycles. The van der Waals surface area contributed by atoms with Crippen molar-refractivity contribution in [1.82, 2.24) is 30.0 Å². The molecule has 0 spiro atoms. The summed E-state index contributed by atoms with van der Waals surface area (Å²) in [6, 6.07) is 7.39. The first-order valence-electron chi connectivity index (χ1n) is 8.36. The van der Waals surface area contributed by atoms with Crippen molar-refractivity contribution in [1.29, 1.82) is 0 Å². The molecule has 8 nitrogen and oxygen atoms in total. The predicted octanol–water partition coefficient (Wildman–Crippen LogP) is 2.32. The van der Waals surface area contributed by atoms with Crippen molar-refractivity contribution in [3.63, 3.8) is 0 Å². The summed E-state index contributed by atoms with van der Waals surface area (Å²) < 4.78 is 1.84. The van der Waals surface area contributed by atoms with Crippen LogP contribution >= 0.6 is 11.6 Å². The first-order valence-corrected chi connectivity index (χ1v) is 8.73. The van der Waals surface area contributed by atoms with Crippen LogP contribution in [0.2, 0.25) is 5.02 Å². The van der Waals surface area contributed by atoms with Crippen molar-refractivity contribution in [2.45, 2.75) is 13.0 Å². The maximum atomic E-state index is 11.9. The van der Waals surface area contributed by atoms with E-state index in [-0.39, 0.29) is 12.1 Å². The van der Waals surface area contributed by atoms with E-state index in [1.54, 1.807) is 4.90 Å². The zero-order chi connectivity index (χ0) is 18.3. The number of halogens is 1. The molecule has 0 unspecified atom stereocenters. The van der Waals surface area contributed by atoms with Crippen molar-refractivity contribution in [3.8, 4) is 11.3 Å². The molecule has 1 fully saturated rings. The van der Waals surface area contributed by atoms with Crippen LogP contribution in [0.4, 0.5) is 10.6 Å². The predicted molar refractivity (Wildman–Crippen MR) is 99.9 cm³/mol. The molecule has 134 valence electrons. The van der Waals surface area contributed by atoms with E-state index < -0.39 is 0 Å². The Morgan fingerprint density at radius 2 is 2.04 bits per heavy atom. The second-order valence-electron chi connectivity index (χ2n) is 6.15. The number of rotatable bonds is 3. The summed E-state index contributed by atoms with van der Waals surface area (Å²) in [7, 11) is 0. The van der Waals surface area contributed by atoms with Crippen LogP contribution < -0.4 is 11.1 Å². The number of nitrogens with one attached hydrogen (secondary N) is 1. The number of nitrogens with two attached hydrogens (primary N) is 1. The van der Waals surface area contributed by atoms with Crippen molar-refractivity contribution >= 4 is 34.5 Å². The molecular weight excluding hydrogens is 354 g/mol. The molecule has 1 aromatic carbocycles. The number of nitrogen functional groups attached to an aromatic ring is 1. The Balaban J connectivity index is 1.72. The van der Waals surface area contributed by atoms with E-state index in [1.807, 2.05) is 35.9 Å². The summed E-state index contributed by atoms with van der Waals surface area (Å²) in [5, 5.41) is 8.91. The zero-order valence-electron chi connectivity index (χ0n) is 14.2. The van der Waals surface area contributed by atoms with Crippen LogP contribution in [0.25, 0.3) is 22.3 Å². The van der Waals surface area contributed by atoms with Gasteiger partial charge in [-0.05, 0) is 19.1 Å². The third kappa shape index (κ3) is 2.72. The van der Waals surface area contributed by atoms with E-state index in [4.69, 9.17) is 22.4 Å². The minimum atomic E-state index is -0.0627. The van der Waals surface area contributed by atoms with Crippen molar-refractivity contribution in [2.24, 2.45) is 0 Å². The topological polar surface area (TPSA) is 102 Å². The SMILES string of the molecule is CCNC(=O)N1CC(n2nc(-c3ccc(Cl)cc3)c3c(N)ncnc32)C1. The number of anilines is 1. The van der Waals surface area contributed by atoms with Gasteiger partial charge in [0.05, 0.1) is 11.4 Å². The van der Waals surface area contributed by atoms with Crippen LogP contribution in [-0.2, 0) is 0 Å². The first kappa shape index (κ1) is 16.6. The Morgan fingerprint density at radius 1 is 1.31 bits per heavy atom. The first-order chi connectivity index (χ1) is 12.6. The number of benzene rings is 1. The Kier molecular flexibility index (Phi) is 4.12. The van der Waals surface area contributed by atoms with E-state index >= 15 is 0 Å². The van der Waals surface area contributed by atoms with Gasteiger partial charge in [0, 0.05) is 30.2 Å². The lowest BCUT2D eigenvalue weighted by Gasteiger charge is -2.39. The highest BCUT2D eigenvalue weighted by Crippen LogP contribution is 2.34. The number of aromatic nitrogens is 4. The highest BCUT2D eigenvalue weighted by molar-refractivity contribution is 6.30. The zero-order valence-corrected chi connectivity index (χ0v) is 14.9. The molecule has 1 saturated heterocycles. The Hall–Kier alpha value is -2.87. The third-order valence-corrected chi connectivity index (χ3v) is 4.71. The molecule has 0 radical (unpaired) electrons.